The Morgan fingerprint density at radius 1 is 0.923 bits per heavy atom. The molecule has 39 heavy (non-hydrogen) atoms. The number of nitrogens with one attached hydrogen (secondary N) is 1. The van der Waals surface area contributed by atoms with Crippen LogP contribution in [0.2, 0.25) is 5.02 Å². The summed E-state index contributed by atoms with van der Waals surface area (Å²) in [6.45, 7) is 7.12. The number of rotatable bonds is 9. The molecule has 0 aliphatic carbocycles. The molecule has 2 aliphatic rings. The molecule has 2 aromatic rings. The Labute approximate surface area is 236 Å². The fourth-order valence-electron chi connectivity index (χ4n) is 4.85. The predicted octanol–water partition coefficient (Wildman–Crippen LogP) is 3.63. The number of morpholine rings is 1. The third-order valence-electron chi connectivity index (χ3n) is 7.05. The molecule has 2 aromatic carbocycles. The van der Waals surface area contributed by atoms with Crippen molar-refractivity contribution in [2.75, 3.05) is 62.7 Å². The van der Waals surface area contributed by atoms with Crippen LogP contribution in [0, 0.1) is 0 Å². The molecular formula is C26H35ClN4O6S2. The van der Waals surface area contributed by atoms with E-state index in [1.807, 2.05) is 4.90 Å². The van der Waals surface area contributed by atoms with Crippen LogP contribution in [0.25, 0.3) is 0 Å². The molecule has 2 fully saturated rings. The minimum Gasteiger partial charge on any atom is -0.378 e. The molecular weight excluding hydrogens is 564 g/mol. The Bertz CT molecular complexity index is 1400. The van der Waals surface area contributed by atoms with Crippen molar-refractivity contribution in [3.8, 4) is 0 Å². The SMILES string of the molecule is CCN(CC)S(=O)(=O)c1ccc(N2CCOCC2)c(NC(=O)c2cc(S(=O)(=O)N3CCCCC3)ccc2Cl)c1. The van der Waals surface area contributed by atoms with Crippen LogP contribution in [0.3, 0.4) is 0 Å². The summed E-state index contributed by atoms with van der Waals surface area (Å²) in [6, 6.07) is 8.74. The number of nitrogens with zero attached hydrogens (tertiary/aromatic N) is 3. The molecule has 0 bridgehead atoms. The van der Waals surface area contributed by atoms with Crippen molar-refractivity contribution in [1.29, 1.82) is 0 Å². The highest BCUT2D eigenvalue weighted by molar-refractivity contribution is 7.89. The zero-order chi connectivity index (χ0) is 28.2. The Morgan fingerprint density at radius 2 is 1.56 bits per heavy atom. The molecule has 214 valence electrons. The minimum absolute atomic E-state index is 0.00906. The van der Waals surface area contributed by atoms with Crippen molar-refractivity contribution >= 4 is 48.9 Å². The van der Waals surface area contributed by atoms with Gasteiger partial charge < -0.3 is 15.0 Å². The third kappa shape index (κ3) is 6.41. The van der Waals surface area contributed by atoms with E-state index in [4.69, 9.17) is 16.3 Å². The Kier molecular flexibility index (Phi) is 9.56. The largest absolute Gasteiger partial charge is 0.378 e. The van der Waals surface area contributed by atoms with E-state index in [0.717, 1.165) is 19.3 Å². The summed E-state index contributed by atoms with van der Waals surface area (Å²) in [4.78, 5) is 15.6. The van der Waals surface area contributed by atoms with Gasteiger partial charge in [0.2, 0.25) is 20.0 Å². The molecule has 1 amide bonds. The van der Waals surface area contributed by atoms with E-state index in [1.165, 1.54) is 38.9 Å². The highest BCUT2D eigenvalue weighted by Crippen LogP contribution is 2.32. The molecule has 0 saturated carbocycles. The number of hydrogen-bond acceptors (Lipinski definition) is 7. The fourth-order valence-corrected chi connectivity index (χ4v) is 8.08. The average Bonchev–Trinajstić information content (AvgIpc) is 2.94. The number of piperidine rings is 1. The molecule has 2 saturated heterocycles. The normalized spacial score (nSPS) is 17.4. The topological polar surface area (TPSA) is 116 Å². The second-order valence-electron chi connectivity index (χ2n) is 9.43. The van der Waals surface area contributed by atoms with E-state index in [9.17, 15) is 21.6 Å². The summed E-state index contributed by atoms with van der Waals surface area (Å²) < 4.78 is 61.2. The number of hydrogen-bond donors (Lipinski definition) is 1. The highest BCUT2D eigenvalue weighted by Gasteiger charge is 2.29. The maximum atomic E-state index is 13.5. The Hall–Kier alpha value is -2.22. The van der Waals surface area contributed by atoms with Gasteiger partial charge >= 0.3 is 0 Å². The van der Waals surface area contributed by atoms with Crippen molar-refractivity contribution in [1.82, 2.24) is 8.61 Å². The number of halogens is 1. The van der Waals surface area contributed by atoms with Gasteiger partial charge in [0, 0.05) is 39.3 Å². The van der Waals surface area contributed by atoms with Crippen molar-refractivity contribution in [2.24, 2.45) is 0 Å². The standard InChI is InChI=1S/C26H35ClN4O6S2/c1-3-30(4-2)38(33,34)21-9-11-25(29-14-16-37-17-15-29)24(19-21)28-26(32)22-18-20(8-10-23(22)27)39(35,36)31-12-6-5-7-13-31/h8-11,18-19H,3-7,12-17H2,1-2H3,(H,28,32). The van der Waals surface area contributed by atoms with Gasteiger partial charge in [0.25, 0.3) is 5.91 Å². The number of benzene rings is 2. The first-order chi connectivity index (χ1) is 18.6. The van der Waals surface area contributed by atoms with E-state index >= 15 is 0 Å². The second-order valence-corrected chi connectivity index (χ2v) is 13.7. The maximum absolute atomic E-state index is 13.5. The summed E-state index contributed by atoms with van der Waals surface area (Å²) >= 11 is 6.37. The van der Waals surface area contributed by atoms with Crippen LogP contribution in [0.15, 0.2) is 46.2 Å². The van der Waals surface area contributed by atoms with Crippen molar-refractivity contribution in [2.45, 2.75) is 42.9 Å². The molecule has 2 aliphatic heterocycles. The van der Waals surface area contributed by atoms with Gasteiger partial charge in [-0.15, -0.1) is 0 Å². The van der Waals surface area contributed by atoms with Crippen molar-refractivity contribution in [3.63, 3.8) is 0 Å². The highest BCUT2D eigenvalue weighted by atomic mass is 35.5. The number of amides is 1. The van der Waals surface area contributed by atoms with E-state index < -0.39 is 26.0 Å². The van der Waals surface area contributed by atoms with Gasteiger partial charge in [-0.1, -0.05) is 31.9 Å². The first-order valence-corrected chi connectivity index (χ1v) is 16.4. The molecule has 1 N–H and O–H groups in total. The van der Waals surface area contributed by atoms with Gasteiger partial charge in [-0.3, -0.25) is 4.79 Å². The number of carbonyl (C=O) groups is 1. The maximum Gasteiger partial charge on any atom is 0.257 e. The fraction of sp³-hybridized carbons (Fsp3) is 0.500. The molecule has 10 nitrogen and oxygen atoms in total. The van der Waals surface area contributed by atoms with Crippen LogP contribution < -0.4 is 10.2 Å². The summed E-state index contributed by atoms with van der Waals surface area (Å²) in [7, 11) is -7.58. The second kappa shape index (κ2) is 12.5. The molecule has 0 unspecified atom stereocenters. The lowest BCUT2D eigenvalue weighted by atomic mass is 10.2. The molecule has 4 rings (SSSR count). The Morgan fingerprint density at radius 3 is 2.21 bits per heavy atom. The third-order valence-corrected chi connectivity index (χ3v) is 11.3. The molecule has 13 heteroatoms. The first-order valence-electron chi connectivity index (χ1n) is 13.2. The number of ether oxygens (including phenoxy) is 1. The van der Waals surface area contributed by atoms with Gasteiger partial charge in [-0.25, -0.2) is 16.8 Å². The van der Waals surface area contributed by atoms with Gasteiger partial charge in [-0.2, -0.15) is 8.61 Å². The van der Waals surface area contributed by atoms with Crippen molar-refractivity contribution < 1.29 is 26.4 Å². The molecule has 0 radical (unpaired) electrons. The van der Waals surface area contributed by atoms with Gasteiger partial charge in [0.1, 0.15) is 0 Å². The summed E-state index contributed by atoms with van der Waals surface area (Å²) in [6.07, 6.45) is 2.56. The zero-order valence-corrected chi connectivity index (χ0v) is 24.6. The number of anilines is 2. The summed E-state index contributed by atoms with van der Waals surface area (Å²) in [5.74, 6) is -0.636. The molecule has 2 heterocycles. The van der Waals surface area contributed by atoms with Crippen LogP contribution in [0.1, 0.15) is 43.5 Å². The molecule has 0 atom stereocenters. The lowest BCUT2D eigenvalue weighted by Crippen LogP contribution is -2.37. The smallest absolute Gasteiger partial charge is 0.257 e. The molecule has 0 aromatic heterocycles. The predicted molar refractivity (Wildman–Crippen MR) is 152 cm³/mol. The van der Waals surface area contributed by atoms with Crippen LogP contribution in [-0.2, 0) is 24.8 Å². The number of carbonyl (C=O) groups excluding carboxylic acids is 1. The van der Waals surface area contributed by atoms with Crippen LogP contribution in [-0.4, -0.2) is 83.8 Å². The van der Waals surface area contributed by atoms with Gasteiger partial charge in [0.15, 0.2) is 0 Å². The number of sulfonamides is 2. The van der Waals surface area contributed by atoms with Crippen LogP contribution in [0.5, 0.6) is 0 Å². The van der Waals surface area contributed by atoms with Gasteiger partial charge in [0.05, 0.1) is 45.0 Å². The van der Waals surface area contributed by atoms with E-state index in [0.29, 0.717) is 58.2 Å². The lowest BCUT2D eigenvalue weighted by molar-refractivity contribution is 0.102. The zero-order valence-electron chi connectivity index (χ0n) is 22.2. The average molecular weight is 599 g/mol. The Balaban J connectivity index is 1.71. The minimum atomic E-state index is -3.79. The lowest BCUT2D eigenvalue weighted by Gasteiger charge is -2.31. The monoisotopic (exact) mass is 598 g/mol. The van der Waals surface area contributed by atoms with E-state index in [2.05, 4.69) is 5.32 Å². The summed E-state index contributed by atoms with van der Waals surface area (Å²) in [5, 5.41) is 2.90. The van der Waals surface area contributed by atoms with Crippen LogP contribution in [0.4, 0.5) is 11.4 Å². The van der Waals surface area contributed by atoms with Crippen molar-refractivity contribution in [3.05, 3.63) is 47.0 Å². The quantitative estimate of drug-likeness (QED) is 0.468. The first kappa shape index (κ1) is 29.8. The van der Waals surface area contributed by atoms with Gasteiger partial charge in [-0.05, 0) is 49.2 Å². The van der Waals surface area contributed by atoms with Crippen LogP contribution >= 0.6 is 11.6 Å². The molecule has 0 spiro atoms. The van der Waals surface area contributed by atoms with E-state index in [-0.39, 0.29) is 26.1 Å². The van der Waals surface area contributed by atoms with E-state index in [1.54, 1.807) is 19.9 Å². The summed E-state index contributed by atoms with van der Waals surface area (Å²) in [5.41, 5.74) is 0.911.